The zero-order chi connectivity index (χ0) is 16.1. The smallest absolute Gasteiger partial charge is 0.255 e. The van der Waals surface area contributed by atoms with Crippen LogP contribution in [0.3, 0.4) is 0 Å². The molecule has 1 aromatic rings. The number of halogens is 3. The van der Waals surface area contributed by atoms with Gasteiger partial charge in [0.05, 0.1) is 12.7 Å². The van der Waals surface area contributed by atoms with Gasteiger partial charge in [-0.3, -0.25) is 4.79 Å². The highest BCUT2D eigenvalue weighted by Gasteiger charge is 2.23. The summed E-state index contributed by atoms with van der Waals surface area (Å²) in [5, 5.41) is 5.62. The molecule has 1 aliphatic heterocycles. The highest BCUT2D eigenvalue weighted by molar-refractivity contribution is 6.39. The number of methoxy groups -OCH3 is 1. The number of carbonyl (C=O) groups is 1. The Kier molecular flexibility index (Phi) is 5.60. The fourth-order valence-electron chi connectivity index (χ4n) is 2.22. The van der Waals surface area contributed by atoms with E-state index in [0.717, 1.165) is 25.3 Å². The predicted octanol–water partition coefficient (Wildman–Crippen LogP) is 2.77. The maximum atomic E-state index is 14.1. The summed E-state index contributed by atoms with van der Waals surface area (Å²) in [6, 6.07) is 1.81. The molecule has 0 bridgehead atoms. The molecule has 0 saturated carbocycles. The number of amides is 1. The molecule has 2 rings (SSSR count). The molecule has 22 heavy (non-hydrogen) atoms. The summed E-state index contributed by atoms with van der Waals surface area (Å²) in [5.41, 5.74) is -0.159. The fourth-order valence-corrected chi connectivity index (χ4v) is 2.50. The second-order valence-corrected chi connectivity index (χ2v) is 5.28. The molecule has 0 saturated heterocycles. The molecule has 0 atom stereocenters. The van der Waals surface area contributed by atoms with Gasteiger partial charge < -0.3 is 15.4 Å². The molecule has 0 spiro atoms. The maximum Gasteiger partial charge on any atom is 0.255 e. The Morgan fingerprint density at radius 3 is 2.45 bits per heavy atom. The Balaban J connectivity index is 2.50. The van der Waals surface area contributed by atoms with Crippen LogP contribution in [0.25, 0.3) is 5.57 Å². The maximum absolute atomic E-state index is 14.1. The van der Waals surface area contributed by atoms with E-state index in [4.69, 9.17) is 16.3 Å². The molecule has 1 amide bonds. The van der Waals surface area contributed by atoms with Crippen molar-refractivity contribution in [1.29, 1.82) is 0 Å². The third kappa shape index (κ3) is 3.68. The normalized spacial score (nSPS) is 20.1. The summed E-state index contributed by atoms with van der Waals surface area (Å²) in [6.07, 6.45) is 2.66. The molecule has 0 radical (unpaired) electrons. The zero-order valence-corrected chi connectivity index (χ0v) is 12.9. The molecule has 0 unspecified atom stereocenters. The standard InChI is InChI=1S/C15H17ClF2N2O2/c1-22-12-7-9(10(17)8-11(12)18)13-14(16)19-5-3-2-4-6-20-15(13)21/h7-8,19H,2-6H2,1H3,(H,20,21)/b14-13-. The first kappa shape index (κ1) is 16.5. The van der Waals surface area contributed by atoms with Crippen LogP contribution in [0, 0.1) is 11.6 Å². The average Bonchev–Trinajstić information content (AvgIpc) is 2.48. The highest BCUT2D eigenvalue weighted by atomic mass is 35.5. The van der Waals surface area contributed by atoms with E-state index < -0.39 is 17.5 Å². The van der Waals surface area contributed by atoms with Crippen LogP contribution in [0.15, 0.2) is 17.3 Å². The summed E-state index contributed by atoms with van der Waals surface area (Å²) in [7, 11) is 1.27. The van der Waals surface area contributed by atoms with Gasteiger partial charge in [0.1, 0.15) is 11.0 Å². The quantitative estimate of drug-likeness (QED) is 0.820. The van der Waals surface area contributed by atoms with Crippen LogP contribution in [0.4, 0.5) is 8.78 Å². The fraction of sp³-hybridized carbons (Fsp3) is 0.400. The van der Waals surface area contributed by atoms with Crippen molar-refractivity contribution in [3.05, 3.63) is 34.5 Å². The number of ether oxygens (including phenoxy) is 1. The molecule has 0 aliphatic carbocycles. The Morgan fingerprint density at radius 2 is 1.77 bits per heavy atom. The number of carbonyl (C=O) groups excluding carboxylic acids is 1. The summed E-state index contributed by atoms with van der Waals surface area (Å²) in [4.78, 5) is 12.3. The molecular weight excluding hydrogens is 314 g/mol. The number of hydrogen-bond acceptors (Lipinski definition) is 3. The Morgan fingerprint density at radius 1 is 1.09 bits per heavy atom. The van der Waals surface area contributed by atoms with Crippen LogP contribution < -0.4 is 15.4 Å². The van der Waals surface area contributed by atoms with Crippen molar-refractivity contribution in [2.24, 2.45) is 0 Å². The minimum atomic E-state index is -0.875. The molecule has 4 nitrogen and oxygen atoms in total. The van der Waals surface area contributed by atoms with Crippen molar-refractivity contribution in [1.82, 2.24) is 10.6 Å². The lowest BCUT2D eigenvalue weighted by Gasteiger charge is -2.16. The molecule has 120 valence electrons. The summed E-state index contributed by atoms with van der Waals surface area (Å²) < 4.78 is 32.5. The molecule has 7 heteroatoms. The monoisotopic (exact) mass is 330 g/mol. The summed E-state index contributed by atoms with van der Waals surface area (Å²) >= 11 is 6.13. The third-order valence-electron chi connectivity index (χ3n) is 3.38. The predicted molar refractivity (Wildman–Crippen MR) is 80.5 cm³/mol. The van der Waals surface area contributed by atoms with Crippen molar-refractivity contribution >= 4 is 23.1 Å². The van der Waals surface area contributed by atoms with Gasteiger partial charge in [-0.2, -0.15) is 0 Å². The minimum absolute atomic E-state index is 0.0342. The first-order valence-corrected chi connectivity index (χ1v) is 7.37. The molecule has 0 aromatic heterocycles. The summed E-state index contributed by atoms with van der Waals surface area (Å²) in [6.45, 7) is 1.06. The van der Waals surface area contributed by atoms with Crippen molar-refractivity contribution in [2.45, 2.75) is 19.3 Å². The van der Waals surface area contributed by atoms with Gasteiger partial charge in [0.15, 0.2) is 11.6 Å². The van der Waals surface area contributed by atoms with Crippen LogP contribution in [-0.4, -0.2) is 26.1 Å². The van der Waals surface area contributed by atoms with E-state index in [2.05, 4.69) is 10.6 Å². The van der Waals surface area contributed by atoms with Crippen molar-refractivity contribution < 1.29 is 18.3 Å². The van der Waals surface area contributed by atoms with E-state index in [9.17, 15) is 13.6 Å². The highest BCUT2D eigenvalue weighted by Crippen LogP contribution is 2.29. The Hall–Kier alpha value is -1.82. The van der Waals surface area contributed by atoms with Gasteiger partial charge in [0.2, 0.25) is 0 Å². The third-order valence-corrected chi connectivity index (χ3v) is 3.70. The van der Waals surface area contributed by atoms with E-state index in [-0.39, 0.29) is 22.0 Å². The van der Waals surface area contributed by atoms with Gasteiger partial charge in [-0.25, -0.2) is 8.78 Å². The lowest BCUT2D eigenvalue weighted by molar-refractivity contribution is -0.115. The van der Waals surface area contributed by atoms with Gasteiger partial charge >= 0.3 is 0 Å². The van der Waals surface area contributed by atoms with E-state index >= 15 is 0 Å². The topological polar surface area (TPSA) is 50.4 Å². The van der Waals surface area contributed by atoms with E-state index in [1.54, 1.807) is 0 Å². The van der Waals surface area contributed by atoms with Crippen LogP contribution >= 0.6 is 11.6 Å². The molecule has 2 N–H and O–H groups in total. The number of nitrogens with one attached hydrogen (secondary N) is 2. The number of hydrogen-bond donors (Lipinski definition) is 2. The molecule has 0 fully saturated rings. The van der Waals surface area contributed by atoms with Crippen LogP contribution in [0.5, 0.6) is 5.75 Å². The van der Waals surface area contributed by atoms with Gasteiger partial charge in [-0.1, -0.05) is 11.6 Å². The molecular formula is C15H17ClF2N2O2. The lowest BCUT2D eigenvalue weighted by Crippen LogP contribution is -2.29. The number of benzene rings is 1. The first-order chi connectivity index (χ1) is 10.5. The van der Waals surface area contributed by atoms with E-state index in [1.807, 2.05) is 0 Å². The van der Waals surface area contributed by atoms with Gasteiger partial charge in [-0.15, -0.1) is 0 Å². The van der Waals surface area contributed by atoms with Crippen LogP contribution in [-0.2, 0) is 4.79 Å². The minimum Gasteiger partial charge on any atom is -0.494 e. The van der Waals surface area contributed by atoms with Gasteiger partial charge in [0.25, 0.3) is 5.91 Å². The Labute approximate surface area is 132 Å². The van der Waals surface area contributed by atoms with Crippen molar-refractivity contribution in [2.75, 3.05) is 20.2 Å². The molecule has 1 aliphatic rings. The Bertz CT molecular complexity index is 605. The van der Waals surface area contributed by atoms with Gasteiger partial charge in [0, 0.05) is 24.7 Å². The van der Waals surface area contributed by atoms with Crippen molar-refractivity contribution in [3.63, 3.8) is 0 Å². The van der Waals surface area contributed by atoms with Crippen molar-refractivity contribution in [3.8, 4) is 5.75 Å². The molecule has 1 aromatic carbocycles. The zero-order valence-electron chi connectivity index (χ0n) is 12.1. The van der Waals surface area contributed by atoms with Crippen LogP contribution in [0.1, 0.15) is 24.8 Å². The largest absolute Gasteiger partial charge is 0.494 e. The van der Waals surface area contributed by atoms with E-state index in [0.29, 0.717) is 19.2 Å². The second-order valence-electron chi connectivity index (χ2n) is 4.90. The number of rotatable bonds is 2. The second kappa shape index (κ2) is 7.45. The van der Waals surface area contributed by atoms with E-state index in [1.165, 1.54) is 7.11 Å². The SMILES string of the molecule is COc1cc(/C2=C(\Cl)NCCCCCNC2=O)c(F)cc1F. The van der Waals surface area contributed by atoms with Gasteiger partial charge in [-0.05, 0) is 25.3 Å². The molecule has 1 heterocycles. The lowest BCUT2D eigenvalue weighted by atomic mass is 10.0. The first-order valence-electron chi connectivity index (χ1n) is 7.00. The van der Waals surface area contributed by atoms with Crippen LogP contribution in [0.2, 0.25) is 0 Å². The summed E-state index contributed by atoms with van der Waals surface area (Å²) in [5.74, 6) is -2.38. The average molecular weight is 331 g/mol.